The summed E-state index contributed by atoms with van der Waals surface area (Å²) in [6.45, 7) is 8.95. The normalized spacial score (nSPS) is 16.3. The van der Waals surface area contributed by atoms with Gasteiger partial charge in [-0.1, -0.05) is 62.8 Å². The second-order valence-corrected chi connectivity index (χ2v) is 6.70. The molecule has 144 valence electrons. The Morgan fingerprint density at radius 2 is 2.11 bits per heavy atom. The van der Waals surface area contributed by atoms with Crippen LogP contribution in [0.3, 0.4) is 0 Å². The number of hydrogen-bond donors (Lipinski definition) is 1. The van der Waals surface area contributed by atoms with Crippen LogP contribution in [0.25, 0.3) is 0 Å². The predicted molar refractivity (Wildman–Crippen MR) is 115 cm³/mol. The first-order valence-electron chi connectivity index (χ1n) is 9.72. The minimum Gasteiger partial charge on any atom is -0.485 e. The highest BCUT2D eigenvalue weighted by Crippen LogP contribution is 2.19. The molecule has 0 bridgehead atoms. The first-order chi connectivity index (χ1) is 13.1. The van der Waals surface area contributed by atoms with Crippen LogP contribution in [0.4, 0.5) is 0 Å². The molecule has 0 saturated carbocycles. The molecule has 4 nitrogen and oxygen atoms in total. The standard InChI is InChI=1S/C23H31N3O/c1-5-12-18(3)22(25-19(4)6-2)26-23-21(15-10-11-16-24-23)27-17-20-13-8-7-9-14-20/h6-10,13-16,18H,5,11-12,17H2,1-4H3,(H,25,26)/b19-6-. The minimum absolute atomic E-state index is 0.315. The van der Waals surface area contributed by atoms with E-state index in [4.69, 9.17) is 9.73 Å². The third-order valence-electron chi connectivity index (χ3n) is 4.35. The lowest BCUT2D eigenvalue weighted by Gasteiger charge is -2.17. The minimum atomic E-state index is 0.315. The highest BCUT2D eigenvalue weighted by molar-refractivity contribution is 5.87. The van der Waals surface area contributed by atoms with Crippen molar-refractivity contribution >= 4 is 12.1 Å². The molecule has 2 rings (SSSR count). The van der Waals surface area contributed by atoms with Gasteiger partial charge in [0.15, 0.2) is 11.6 Å². The predicted octanol–water partition coefficient (Wildman–Crippen LogP) is 5.75. The van der Waals surface area contributed by atoms with Gasteiger partial charge in [-0.05, 0) is 31.9 Å². The van der Waals surface area contributed by atoms with E-state index in [1.807, 2.05) is 56.5 Å². The van der Waals surface area contributed by atoms with Crippen molar-refractivity contribution in [3.05, 3.63) is 71.4 Å². The van der Waals surface area contributed by atoms with Gasteiger partial charge >= 0.3 is 0 Å². The van der Waals surface area contributed by atoms with Crippen molar-refractivity contribution in [2.45, 2.75) is 53.6 Å². The Labute approximate surface area is 163 Å². The van der Waals surface area contributed by atoms with E-state index in [2.05, 4.69) is 36.3 Å². The fraction of sp³-hybridized carbons (Fsp3) is 0.391. The first-order valence-corrected chi connectivity index (χ1v) is 9.72. The molecular weight excluding hydrogens is 334 g/mol. The first kappa shape index (κ1) is 20.7. The number of nitrogens with one attached hydrogen (secondary N) is 1. The van der Waals surface area contributed by atoms with Crippen LogP contribution < -0.4 is 5.32 Å². The lowest BCUT2D eigenvalue weighted by Crippen LogP contribution is -2.28. The molecule has 0 saturated heterocycles. The van der Waals surface area contributed by atoms with E-state index in [9.17, 15) is 0 Å². The van der Waals surface area contributed by atoms with Gasteiger partial charge in [-0.3, -0.25) is 0 Å². The molecule has 0 aliphatic carbocycles. The molecule has 1 N–H and O–H groups in total. The van der Waals surface area contributed by atoms with Gasteiger partial charge in [-0.2, -0.15) is 0 Å². The second-order valence-electron chi connectivity index (χ2n) is 6.70. The maximum atomic E-state index is 6.06. The van der Waals surface area contributed by atoms with Crippen LogP contribution in [0.5, 0.6) is 0 Å². The summed E-state index contributed by atoms with van der Waals surface area (Å²) in [5.74, 6) is 2.56. The van der Waals surface area contributed by atoms with Crippen molar-refractivity contribution in [1.82, 2.24) is 5.32 Å². The summed E-state index contributed by atoms with van der Waals surface area (Å²) >= 11 is 0. The molecule has 27 heavy (non-hydrogen) atoms. The van der Waals surface area contributed by atoms with Crippen molar-refractivity contribution in [3.63, 3.8) is 0 Å². The number of aliphatic imine (C=N–C) groups is 2. The molecule has 1 aliphatic rings. The molecule has 1 atom stereocenters. The number of allylic oxidation sites excluding steroid dienone is 4. The molecule has 0 aromatic heterocycles. The van der Waals surface area contributed by atoms with E-state index in [1.54, 1.807) is 0 Å². The van der Waals surface area contributed by atoms with Gasteiger partial charge in [0.1, 0.15) is 12.4 Å². The molecule has 4 heteroatoms. The van der Waals surface area contributed by atoms with Crippen molar-refractivity contribution < 1.29 is 4.74 Å². The van der Waals surface area contributed by atoms with Gasteiger partial charge in [0.05, 0.1) is 0 Å². The van der Waals surface area contributed by atoms with Crippen LogP contribution in [0.2, 0.25) is 0 Å². The lowest BCUT2D eigenvalue weighted by atomic mass is 10.0. The summed E-state index contributed by atoms with van der Waals surface area (Å²) in [4.78, 5) is 9.42. The number of nitrogens with zero attached hydrogens (tertiary/aromatic N) is 2. The maximum absolute atomic E-state index is 6.06. The van der Waals surface area contributed by atoms with E-state index in [0.717, 1.165) is 36.4 Å². The number of hydrogen-bond acceptors (Lipinski definition) is 3. The smallest absolute Gasteiger partial charge is 0.196 e. The van der Waals surface area contributed by atoms with Crippen LogP contribution in [-0.2, 0) is 11.3 Å². The van der Waals surface area contributed by atoms with Crippen LogP contribution in [-0.4, -0.2) is 12.1 Å². The van der Waals surface area contributed by atoms with Gasteiger partial charge in [0.25, 0.3) is 0 Å². The molecule has 0 spiro atoms. The topological polar surface area (TPSA) is 46.0 Å². The third kappa shape index (κ3) is 6.89. The Bertz CT molecular complexity index is 742. The number of rotatable bonds is 8. The number of amidine groups is 1. The molecule has 1 aromatic rings. The Morgan fingerprint density at radius 3 is 2.81 bits per heavy atom. The van der Waals surface area contributed by atoms with Gasteiger partial charge in [-0.15, -0.1) is 0 Å². The van der Waals surface area contributed by atoms with E-state index in [-0.39, 0.29) is 0 Å². The van der Waals surface area contributed by atoms with Gasteiger partial charge in [-0.25, -0.2) is 9.98 Å². The number of benzene rings is 1. The quantitative estimate of drug-likeness (QED) is 0.471. The Morgan fingerprint density at radius 1 is 1.33 bits per heavy atom. The molecular formula is C23H31N3O. The maximum Gasteiger partial charge on any atom is 0.196 e. The van der Waals surface area contributed by atoms with Crippen molar-refractivity contribution in [1.29, 1.82) is 0 Å². The highest BCUT2D eigenvalue weighted by Gasteiger charge is 2.14. The zero-order valence-electron chi connectivity index (χ0n) is 16.9. The van der Waals surface area contributed by atoms with E-state index < -0.39 is 0 Å². The fourth-order valence-corrected chi connectivity index (χ4v) is 2.66. The van der Waals surface area contributed by atoms with E-state index in [0.29, 0.717) is 24.1 Å². The summed E-state index contributed by atoms with van der Waals surface area (Å²) in [5.41, 5.74) is 2.20. The molecule has 0 fully saturated rings. The SMILES string of the molecule is C/C=C(/C)N/C(=N/C1=C(OCc2ccccc2)C=CCC=N1)C(C)CCC. The molecule has 1 aromatic carbocycles. The van der Waals surface area contributed by atoms with Gasteiger partial charge in [0.2, 0.25) is 0 Å². The summed E-state index contributed by atoms with van der Waals surface area (Å²) < 4.78 is 6.06. The summed E-state index contributed by atoms with van der Waals surface area (Å²) in [5, 5.41) is 3.44. The molecule has 1 unspecified atom stereocenters. The van der Waals surface area contributed by atoms with Crippen LogP contribution in [0.15, 0.2) is 75.8 Å². The monoisotopic (exact) mass is 365 g/mol. The van der Waals surface area contributed by atoms with E-state index >= 15 is 0 Å². The second kappa shape index (κ2) is 11.2. The van der Waals surface area contributed by atoms with Gasteiger partial charge in [0, 0.05) is 24.3 Å². The van der Waals surface area contributed by atoms with Gasteiger partial charge < -0.3 is 10.1 Å². The van der Waals surface area contributed by atoms with Crippen molar-refractivity contribution in [2.75, 3.05) is 0 Å². The number of ether oxygens (including phenoxy) is 1. The third-order valence-corrected chi connectivity index (χ3v) is 4.35. The summed E-state index contributed by atoms with van der Waals surface area (Å²) in [7, 11) is 0. The van der Waals surface area contributed by atoms with Crippen LogP contribution in [0, 0.1) is 5.92 Å². The van der Waals surface area contributed by atoms with Crippen LogP contribution >= 0.6 is 0 Å². The average Bonchev–Trinajstić information content (AvgIpc) is 2.91. The Kier molecular flexibility index (Phi) is 8.56. The van der Waals surface area contributed by atoms with E-state index in [1.165, 1.54) is 0 Å². The molecule has 1 aliphatic heterocycles. The molecule has 0 amide bonds. The van der Waals surface area contributed by atoms with Crippen LogP contribution in [0.1, 0.15) is 52.5 Å². The summed E-state index contributed by atoms with van der Waals surface area (Å²) in [6.07, 6.45) is 10.9. The zero-order valence-corrected chi connectivity index (χ0v) is 16.9. The van der Waals surface area contributed by atoms with Crippen molar-refractivity contribution in [3.8, 4) is 0 Å². The fourth-order valence-electron chi connectivity index (χ4n) is 2.66. The molecule has 0 radical (unpaired) electrons. The summed E-state index contributed by atoms with van der Waals surface area (Å²) in [6, 6.07) is 10.1. The highest BCUT2D eigenvalue weighted by atomic mass is 16.5. The van der Waals surface area contributed by atoms with Crippen molar-refractivity contribution in [2.24, 2.45) is 15.9 Å². The Balaban J connectivity index is 2.31. The average molecular weight is 366 g/mol. The zero-order chi connectivity index (χ0) is 19.5. The Hall–Kier alpha value is -2.62. The largest absolute Gasteiger partial charge is 0.485 e. The lowest BCUT2D eigenvalue weighted by molar-refractivity contribution is 0.207. The molecule has 1 heterocycles.